The number of halogens is 2. The van der Waals surface area contributed by atoms with Crippen LogP contribution in [0.1, 0.15) is 28.3 Å². The van der Waals surface area contributed by atoms with Crippen molar-refractivity contribution in [2.45, 2.75) is 19.9 Å². The lowest BCUT2D eigenvalue weighted by Crippen LogP contribution is -2.20. The summed E-state index contributed by atoms with van der Waals surface area (Å²) < 4.78 is 15.1. The molecule has 0 spiro atoms. The molecule has 2 aromatic carbocycles. The van der Waals surface area contributed by atoms with Crippen molar-refractivity contribution >= 4 is 15.9 Å². The molecule has 1 atom stereocenters. The maximum absolute atomic E-state index is 14.1. The van der Waals surface area contributed by atoms with Crippen LogP contribution in [0.2, 0.25) is 0 Å². The van der Waals surface area contributed by atoms with Crippen molar-refractivity contribution in [3.05, 3.63) is 68.9 Å². The Labute approximate surface area is 122 Å². The summed E-state index contributed by atoms with van der Waals surface area (Å²) in [5, 5.41) is 3.21. The highest BCUT2D eigenvalue weighted by Gasteiger charge is 2.18. The molecule has 0 bridgehead atoms. The average molecular weight is 322 g/mol. The van der Waals surface area contributed by atoms with Crippen LogP contribution in [0.25, 0.3) is 0 Å². The highest BCUT2D eigenvalue weighted by Crippen LogP contribution is 2.30. The Kier molecular flexibility index (Phi) is 4.38. The second kappa shape index (κ2) is 5.85. The minimum Gasteiger partial charge on any atom is -0.309 e. The fourth-order valence-electron chi connectivity index (χ4n) is 2.30. The van der Waals surface area contributed by atoms with Gasteiger partial charge in [-0.05, 0) is 44.2 Å². The molecule has 2 aromatic rings. The molecule has 1 unspecified atom stereocenters. The fraction of sp³-hybridized carbons (Fsp3) is 0.250. The third-order valence-electron chi connectivity index (χ3n) is 3.37. The summed E-state index contributed by atoms with van der Waals surface area (Å²) in [5.74, 6) is -0.177. The van der Waals surface area contributed by atoms with Crippen molar-refractivity contribution in [3.63, 3.8) is 0 Å². The maximum Gasteiger partial charge on any atom is 0.128 e. The summed E-state index contributed by atoms with van der Waals surface area (Å²) in [7, 11) is 1.85. The highest BCUT2D eigenvalue weighted by atomic mass is 79.9. The van der Waals surface area contributed by atoms with E-state index >= 15 is 0 Å². The number of nitrogens with one attached hydrogen (secondary N) is 1. The fourth-order valence-corrected chi connectivity index (χ4v) is 2.68. The monoisotopic (exact) mass is 321 g/mol. The Hall–Kier alpha value is -1.19. The zero-order chi connectivity index (χ0) is 14.0. The van der Waals surface area contributed by atoms with Crippen molar-refractivity contribution < 1.29 is 4.39 Å². The maximum atomic E-state index is 14.1. The van der Waals surface area contributed by atoms with Gasteiger partial charge in [0.2, 0.25) is 0 Å². The van der Waals surface area contributed by atoms with Gasteiger partial charge in [-0.3, -0.25) is 0 Å². The van der Waals surface area contributed by atoms with Gasteiger partial charge in [-0.25, -0.2) is 4.39 Å². The van der Waals surface area contributed by atoms with Crippen molar-refractivity contribution in [2.75, 3.05) is 7.05 Å². The van der Waals surface area contributed by atoms with E-state index < -0.39 is 0 Å². The first-order valence-corrected chi connectivity index (χ1v) is 7.02. The molecule has 0 amide bonds. The second-order valence-electron chi connectivity index (χ2n) is 4.70. The molecule has 0 radical (unpaired) electrons. The van der Waals surface area contributed by atoms with Gasteiger partial charge in [0.1, 0.15) is 5.82 Å². The minimum atomic E-state index is -0.177. The van der Waals surface area contributed by atoms with Crippen LogP contribution in [0, 0.1) is 19.7 Å². The predicted octanol–water partition coefficient (Wildman–Crippen LogP) is 4.51. The number of hydrogen-bond donors (Lipinski definition) is 1. The average Bonchev–Trinajstić information content (AvgIpc) is 2.39. The first kappa shape index (κ1) is 14.2. The molecule has 0 heterocycles. The van der Waals surface area contributed by atoms with E-state index in [1.54, 1.807) is 6.07 Å². The quantitative estimate of drug-likeness (QED) is 0.876. The van der Waals surface area contributed by atoms with Gasteiger partial charge in [0.15, 0.2) is 0 Å². The summed E-state index contributed by atoms with van der Waals surface area (Å²) in [4.78, 5) is 0. The van der Waals surface area contributed by atoms with Crippen molar-refractivity contribution in [1.82, 2.24) is 5.32 Å². The Bertz CT molecular complexity index is 593. The third kappa shape index (κ3) is 2.88. The summed E-state index contributed by atoms with van der Waals surface area (Å²) in [6.07, 6.45) is 0. The van der Waals surface area contributed by atoms with Gasteiger partial charge in [0, 0.05) is 10.0 Å². The summed E-state index contributed by atoms with van der Waals surface area (Å²) >= 11 is 3.53. The van der Waals surface area contributed by atoms with Crippen LogP contribution in [-0.2, 0) is 0 Å². The predicted molar refractivity (Wildman–Crippen MR) is 80.9 cm³/mol. The molecular weight excluding hydrogens is 305 g/mol. The lowest BCUT2D eigenvalue weighted by atomic mass is 9.94. The molecular formula is C16H17BrFN. The first-order valence-electron chi connectivity index (χ1n) is 6.23. The van der Waals surface area contributed by atoms with Crippen LogP contribution in [0.3, 0.4) is 0 Å². The Morgan fingerprint density at radius 1 is 1.11 bits per heavy atom. The molecule has 0 aliphatic heterocycles. The van der Waals surface area contributed by atoms with E-state index in [1.807, 2.05) is 45.2 Å². The van der Waals surface area contributed by atoms with E-state index in [4.69, 9.17) is 0 Å². The largest absolute Gasteiger partial charge is 0.309 e. The normalized spacial score (nSPS) is 12.5. The molecule has 2 rings (SSSR count). The van der Waals surface area contributed by atoms with E-state index in [9.17, 15) is 4.39 Å². The molecule has 0 saturated carbocycles. The van der Waals surface area contributed by atoms with Gasteiger partial charge in [-0.1, -0.05) is 45.8 Å². The highest BCUT2D eigenvalue weighted by molar-refractivity contribution is 9.10. The molecule has 0 aliphatic rings. The Morgan fingerprint density at radius 2 is 1.84 bits per heavy atom. The zero-order valence-corrected chi connectivity index (χ0v) is 12.9. The molecule has 1 N–H and O–H groups in total. The van der Waals surface area contributed by atoms with Crippen LogP contribution >= 0.6 is 15.9 Å². The molecule has 0 saturated heterocycles. The number of hydrogen-bond acceptors (Lipinski definition) is 1. The lowest BCUT2D eigenvalue weighted by Gasteiger charge is -2.21. The summed E-state index contributed by atoms with van der Waals surface area (Å²) in [6.45, 7) is 4.01. The van der Waals surface area contributed by atoms with Gasteiger partial charge in [0.05, 0.1) is 6.04 Å². The van der Waals surface area contributed by atoms with Gasteiger partial charge in [-0.2, -0.15) is 0 Å². The van der Waals surface area contributed by atoms with E-state index in [0.29, 0.717) is 5.56 Å². The summed E-state index contributed by atoms with van der Waals surface area (Å²) in [5.41, 5.74) is 3.96. The smallest absolute Gasteiger partial charge is 0.128 e. The summed E-state index contributed by atoms with van der Waals surface area (Å²) in [6, 6.07) is 11.1. The van der Waals surface area contributed by atoms with Crippen LogP contribution in [0.5, 0.6) is 0 Å². The van der Waals surface area contributed by atoms with Crippen molar-refractivity contribution in [1.29, 1.82) is 0 Å². The molecule has 0 fully saturated rings. The molecule has 1 nitrogen and oxygen atoms in total. The van der Waals surface area contributed by atoms with Gasteiger partial charge in [-0.15, -0.1) is 0 Å². The topological polar surface area (TPSA) is 12.0 Å². The van der Waals surface area contributed by atoms with E-state index in [2.05, 4.69) is 21.2 Å². The van der Waals surface area contributed by atoms with Crippen LogP contribution in [0.4, 0.5) is 4.39 Å². The van der Waals surface area contributed by atoms with Crippen LogP contribution in [-0.4, -0.2) is 7.05 Å². The van der Waals surface area contributed by atoms with Crippen molar-refractivity contribution in [3.8, 4) is 0 Å². The van der Waals surface area contributed by atoms with Gasteiger partial charge in [0.25, 0.3) is 0 Å². The molecule has 0 aliphatic carbocycles. The molecule has 19 heavy (non-hydrogen) atoms. The van der Waals surface area contributed by atoms with Crippen molar-refractivity contribution in [2.24, 2.45) is 0 Å². The third-order valence-corrected chi connectivity index (χ3v) is 4.23. The van der Waals surface area contributed by atoms with Gasteiger partial charge < -0.3 is 5.32 Å². The molecule has 100 valence electrons. The van der Waals surface area contributed by atoms with Crippen LogP contribution < -0.4 is 5.32 Å². The molecule has 3 heteroatoms. The lowest BCUT2D eigenvalue weighted by molar-refractivity contribution is 0.574. The number of aryl methyl sites for hydroxylation is 1. The standard InChI is InChI=1S/C16H17BrFN/c1-10-7-8-15(18)13(9-10)16(19-3)12-5-4-6-14(17)11(12)2/h4-9,16,19H,1-3H3. The number of benzene rings is 2. The number of rotatable bonds is 3. The minimum absolute atomic E-state index is 0.141. The molecule has 0 aromatic heterocycles. The van der Waals surface area contributed by atoms with E-state index in [-0.39, 0.29) is 11.9 Å². The first-order chi connectivity index (χ1) is 9.04. The Balaban J connectivity index is 2.56. The van der Waals surface area contributed by atoms with Crippen LogP contribution in [0.15, 0.2) is 40.9 Å². The van der Waals surface area contributed by atoms with E-state index in [1.165, 1.54) is 6.07 Å². The second-order valence-corrected chi connectivity index (χ2v) is 5.56. The van der Waals surface area contributed by atoms with Gasteiger partial charge >= 0.3 is 0 Å². The SMILES string of the molecule is CNC(c1cc(C)ccc1F)c1cccc(Br)c1C. The Morgan fingerprint density at radius 3 is 2.53 bits per heavy atom. The van der Waals surface area contributed by atoms with E-state index in [0.717, 1.165) is 21.2 Å². The zero-order valence-electron chi connectivity index (χ0n) is 11.3.